The van der Waals surface area contributed by atoms with Crippen LogP contribution in [0.2, 0.25) is 0 Å². The van der Waals surface area contributed by atoms with Crippen LogP contribution in [0.3, 0.4) is 0 Å². The summed E-state index contributed by atoms with van der Waals surface area (Å²) in [7, 11) is 0. The summed E-state index contributed by atoms with van der Waals surface area (Å²) >= 11 is 0. The van der Waals surface area contributed by atoms with Crippen LogP contribution in [0.5, 0.6) is 11.5 Å². The van der Waals surface area contributed by atoms with Gasteiger partial charge in [0.25, 0.3) is 0 Å². The maximum atomic E-state index is 13.2. The third-order valence-corrected chi connectivity index (χ3v) is 4.76. The number of hydrogen-bond acceptors (Lipinski definition) is 6. The molecule has 0 amide bonds. The second-order valence-corrected chi connectivity index (χ2v) is 6.47. The zero-order valence-corrected chi connectivity index (χ0v) is 14.8. The SMILES string of the molecule is O=C1c2ccccc2-c2onc3c(Oc4ccccc4)cc(NCCO)c1c23. The third-order valence-electron chi connectivity index (χ3n) is 4.76. The number of rotatable bonds is 5. The Bertz CT molecular complexity index is 1200. The van der Waals surface area contributed by atoms with Crippen molar-refractivity contribution in [3.63, 3.8) is 0 Å². The zero-order valence-electron chi connectivity index (χ0n) is 14.8. The summed E-state index contributed by atoms with van der Waals surface area (Å²) in [6, 6.07) is 18.4. The molecule has 1 aliphatic rings. The number of fused-ring (bicyclic) bond motifs is 2. The summed E-state index contributed by atoms with van der Waals surface area (Å²) < 4.78 is 11.7. The van der Waals surface area contributed by atoms with Gasteiger partial charge >= 0.3 is 0 Å². The number of nitrogens with one attached hydrogen (secondary N) is 1. The number of aromatic nitrogens is 1. The molecule has 0 saturated carbocycles. The van der Waals surface area contributed by atoms with E-state index in [0.717, 1.165) is 0 Å². The van der Waals surface area contributed by atoms with Crippen molar-refractivity contribution in [1.29, 1.82) is 0 Å². The van der Waals surface area contributed by atoms with Gasteiger partial charge in [-0.25, -0.2) is 0 Å². The molecule has 0 unspecified atom stereocenters. The number of carbonyl (C=O) groups is 1. The van der Waals surface area contributed by atoms with Crippen molar-refractivity contribution in [2.24, 2.45) is 0 Å². The van der Waals surface area contributed by atoms with E-state index in [2.05, 4.69) is 10.5 Å². The molecule has 6 nitrogen and oxygen atoms in total. The van der Waals surface area contributed by atoms with E-state index in [0.29, 0.717) is 57.1 Å². The Balaban J connectivity index is 1.77. The highest BCUT2D eigenvalue weighted by molar-refractivity contribution is 6.28. The van der Waals surface area contributed by atoms with Gasteiger partial charge in [0.05, 0.1) is 23.2 Å². The first-order valence-electron chi connectivity index (χ1n) is 8.96. The van der Waals surface area contributed by atoms with Gasteiger partial charge < -0.3 is 19.7 Å². The first-order valence-corrected chi connectivity index (χ1v) is 8.96. The number of aliphatic hydroxyl groups excluding tert-OH is 1. The topological polar surface area (TPSA) is 84.6 Å². The van der Waals surface area contributed by atoms with Crippen LogP contribution in [-0.4, -0.2) is 29.2 Å². The summed E-state index contributed by atoms with van der Waals surface area (Å²) in [6.45, 7) is 0.243. The summed E-state index contributed by atoms with van der Waals surface area (Å²) in [6.07, 6.45) is 0. The van der Waals surface area contributed by atoms with E-state index < -0.39 is 0 Å². The van der Waals surface area contributed by atoms with Crippen molar-refractivity contribution < 1.29 is 19.2 Å². The number of anilines is 1. The molecular weight excluding hydrogens is 356 g/mol. The predicted octanol–water partition coefficient (Wildman–Crippen LogP) is 4.24. The molecule has 6 heteroatoms. The minimum absolute atomic E-state index is 0.0619. The fourth-order valence-electron chi connectivity index (χ4n) is 3.55. The molecule has 0 fully saturated rings. The van der Waals surface area contributed by atoms with Gasteiger partial charge in [-0.2, -0.15) is 0 Å². The zero-order chi connectivity index (χ0) is 19.1. The van der Waals surface area contributed by atoms with Crippen LogP contribution in [0.25, 0.3) is 22.2 Å². The van der Waals surface area contributed by atoms with Crippen molar-refractivity contribution in [3.8, 4) is 22.8 Å². The van der Waals surface area contributed by atoms with Gasteiger partial charge in [-0.3, -0.25) is 4.79 Å². The Morgan fingerprint density at radius 2 is 1.79 bits per heavy atom. The molecule has 0 atom stereocenters. The second kappa shape index (κ2) is 6.51. The van der Waals surface area contributed by atoms with Crippen LogP contribution in [0.4, 0.5) is 5.69 Å². The Morgan fingerprint density at radius 1 is 1.04 bits per heavy atom. The second-order valence-electron chi connectivity index (χ2n) is 6.47. The summed E-state index contributed by atoms with van der Waals surface area (Å²) in [5, 5.41) is 17.2. The lowest BCUT2D eigenvalue weighted by Crippen LogP contribution is -2.14. The number of carbonyl (C=O) groups excluding carboxylic acids is 1. The normalized spacial score (nSPS) is 12.1. The largest absolute Gasteiger partial charge is 0.455 e. The van der Waals surface area contributed by atoms with Crippen LogP contribution in [0.1, 0.15) is 15.9 Å². The molecule has 5 rings (SSSR count). The standard InChI is InChI=1S/C22H16N2O4/c25-11-10-23-16-12-17(27-13-6-2-1-3-7-13)20-19-18(16)21(26)14-8-4-5-9-15(14)22(19)28-24-20/h1-9,12,23,25H,10-11H2. The smallest absolute Gasteiger partial charge is 0.196 e. The monoisotopic (exact) mass is 372 g/mol. The molecule has 1 heterocycles. The molecule has 1 aliphatic carbocycles. The van der Waals surface area contributed by atoms with Crippen molar-refractivity contribution in [2.45, 2.75) is 0 Å². The molecule has 0 spiro atoms. The van der Waals surface area contributed by atoms with Gasteiger partial charge in [-0.15, -0.1) is 0 Å². The number of aliphatic hydroxyl groups is 1. The Hall–Kier alpha value is -3.64. The van der Waals surface area contributed by atoms with E-state index in [-0.39, 0.29) is 12.4 Å². The molecule has 2 N–H and O–H groups in total. The molecule has 0 aliphatic heterocycles. The van der Waals surface area contributed by atoms with E-state index in [1.165, 1.54) is 0 Å². The fourth-order valence-corrected chi connectivity index (χ4v) is 3.55. The van der Waals surface area contributed by atoms with E-state index in [4.69, 9.17) is 9.26 Å². The lowest BCUT2D eigenvalue weighted by molar-refractivity contribution is 0.104. The highest BCUT2D eigenvalue weighted by Crippen LogP contribution is 2.46. The number of hydrogen-bond donors (Lipinski definition) is 2. The first kappa shape index (κ1) is 16.5. The van der Waals surface area contributed by atoms with E-state index in [9.17, 15) is 9.90 Å². The van der Waals surface area contributed by atoms with Crippen LogP contribution in [0, 0.1) is 0 Å². The van der Waals surface area contributed by atoms with E-state index >= 15 is 0 Å². The molecule has 4 aromatic rings. The van der Waals surface area contributed by atoms with E-state index in [1.54, 1.807) is 12.1 Å². The average Bonchev–Trinajstić information content (AvgIpc) is 3.18. The fraction of sp³-hybridized carbons (Fsp3) is 0.0909. The molecule has 138 valence electrons. The predicted molar refractivity (Wildman–Crippen MR) is 105 cm³/mol. The number of ether oxygens (including phenoxy) is 1. The number of para-hydroxylation sites is 1. The highest BCUT2D eigenvalue weighted by atomic mass is 16.5. The van der Waals surface area contributed by atoms with Crippen molar-refractivity contribution in [3.05, 3.63) is 71.8 Å². The summed E-state index contributed by atoms with van der Waals surface area (Å²) in [5.74, 6) is 1.57. The number of ketones is 1. The van der Waals surface area contributed by atoms with Crippen LogP contribution >= 0.6 is 0 Å². The molecule has 1 aromatic heterocycles. The highest BCUT2D eigenvalue weighted by Gasteiger charge is 2.33. The molecule has 0 radical (unpaired) electrons. The average molecular weight is 372 g/mol. The summed E-state index contributed by atoms with van der Waals surface area (Å²) in [4.78, 5) is 13.2. The van der Waals surface area contributed by atoms with Crippen molar-refractivity contribution in [1.82, 2.24) is 5.16 Å². The van der Waals surface area contributed by atoms with E-state index in [1.807, 2.05) is 48.5 Å². The maximum absolute atomic E-state index is 13.2. The van der Waals surface area contributed by atoms with Gasteiger partial charge in [-0.1, -0.05) is 47.6 Å². The van der Waals surface area contributed by atoms with Gasteiger partial charge in [0.1, 0.15) is 5.75 Å². The third kappa shape index (κ3) is 2.46. The van der Waals surface area contributed by atoms with Gasteiger partial charge in [0.2, 0.25) is 0 Å². The van der Waals surface area contributed by atoms with Crippen LogP contribution < -0.4 is 10.1 Å². The quantitative estimate of drug-likeness (QED) is 0.480. The minimum Gasteiger partial charge on any atom is -0.455 e. The molecule has 0 saturated heterocycles. The van der Waals surface area contributed by atoms with Gasteiger partial charge in [-0.05, 0) is 12.1 Å². The lowest BCUT2D eigenvalue weighted by atomic mass is 9.86. The minimum atomic E-state index is -0.108. The molecule has 3 aromatic carbocycles. The summed E-state index contributed by atoms with van der Waals surface area (Å²) in [5.41, 5.74) is 2.84. The van der Waals surface area contributed by atoms with Gasteiger partial charge in [0.15, 0.2) is 22.8 Å². The van der Waals surface area contributed by atoms with Crippen molar-refractivity contribution >= 4 is 22.4 Å². The Labute approximate surface area is 160 Å². The van der Waals surface area contributed by atoms with Crippen LogP contribution in [-0.2, 0) is 0 Å². The molecule has 0 bridgehead atoms. The number of benzene rings is 3. The Kier molecular flexibility index (Phi) is 3.84. The Morgan fingerprint density at radius 3 is 2.57 bits per heavy atom. The molecular formula is C22H16N2O4. The van der Waals surface area contributed by atoms with Crippen LogP contribution in [0.15, 0.2) is 65.2 Å². The number of nitrogens with zero attached hydrogens (tertiary/aromatic N) is 1. The first-order chi connectivity index (χ1) is 13.8. The maximum Gasteiger partial charge on any atom is 0.196 e. The molecule has 28 heavy (non-hydrogen) atoms. The van der Waals surface area contributed by atoms with Crippen molar-refractivity contribution in [2.75, 3.05) is 18.5 Å². The lowest BCUT2D eigenvalue weighted by Gasteiger charge is -2.19. The van der Waals surface area contributed by atoms with Gasteiger partial charge in [0, 0.05) is 23.7 Å².